The Balaban J connectivity index is 2.05. The zero-order valence-corrected chi connectivity index (χ0v) is 21.9. The van der Waals surface area contributed by atoms with Crippen molar-refractivity contribution in [3.63, 3.8) is 0 Å². The molecule has 1 aliphatic heterocycles. The Kier molecular flexibility index (Phi) is 7.53. The van der Waals surface area contributed by atoms with Gasteiger partial charge in [-0.3, -0.25) is 9.59 Å². The molecule has 1 aliphatic rings. The lowest BCUT2D eigenvalue weighted by atomic mass is 9.95. The van der Waals surface area contributed by atoms with Crippen molar-refractivity contribution < 1.29 is 28.6 Å². The maximum absolute atomic E-state index is 13.4. The molecule has 0 spiro atoms. The largest absolute Gasteiger partial charge is 0.492 e. The number of imide groups is 1. The van der Waals surface area contributed by atoms with Gasteiger partial charge < -0.3 is 14.2 Å². The number of hydrogen-bond donors (Lipinski definition) is 0. The summed E-state index contributed by atoms with van der Waals surface area (Å²) in [5.41, 5.74) is -0.150. The van der Waals surface area contributed by atoms with Crippen LogP contribution >= 0.6 is 23.2 Å². The number of methoxy groups -OCH3 is 1. The van der Waals surface area contributed by atoms with Crippen LogP contribution in [0.3, 0.4) is 0 Å². The summed E-state index contributed by atoms with van der Waals surface area (Å²) < 4.78 is 16.2. The minimum Gasteiger partial charge on any atom is -0.492 e. The lowest BCUT2D eigenvalue weighted by molar-refractivity contribution is -0.152. The van der Waals surface area contributed by atoms with Crippen LogP contribution < -0.4 is 9.64 Å². The molecule has 0 bridgehead atoms. The Labute approximate surface area is 214 Å². The zero-order chi connectivity index (χ0) is 26.1. The highest BCUT2D eigenvalue weighted by atomic mass is 35.5. The maximum Gasteiger partial charge on any atom is 0.422 e. The highest BCUT2D eigenvalue weighted by molar-refractivity contribution is 6.42. The average Bonchev–Trinajstić information content (AvgIpc) is 3.01. The van der Waals surface area contributed by atoms with E-state index < -0.39 is 29.0 Å². The number of nitrogens with zero attached hydrogens (tertiary/aromatic N) is 1. The molecule has 0 unspecified atom stereocenters. The fourth-order valence-electron chi connectivity index (χ4n) is 3.40. The number of esters is 1. The minimum absolute atomic E-state index is 0.0294. The second-order valence-electron chi connectivity index (χ2n) is 9.69. The average molecular weight is 520 g/mol. The predicted octanol–water partition coefficient (Wildman–Crippen LogP) is 6.39. The van der Waals surface area contributed by atoms with Crippen molar-refractivity contribution in [2.45, 2.75) is 40.2 Å². The van der Waals surface area contributed by atoms with Gasteiger partial charge in [-0.1, -0.05) is 29.3 Å². The molecule has 2 aromatic rings. The smallest absolute Gasteiger partial charge is 0.422 e. The molecule has 3 rings (SSSR count). The van der Waals surface area contributed by atoms with E-state index in [1.807, 2.05) is 0 Å². The van der Waals surface area contributed by atoms with E-state index in [4.69, 9.17) is 37.4 Å². The normalized spacial score (nSPS) is 14.7. The fourth-order valence-corrected chi connectivity index (χ4v) is 3.75. The van der Waals surface area contributed by atoms with Gasteiger partial charge in [0, 0.05) is 21.2 Å². The number of hydrogen-bond acceptors (Lipinski definition) is 6. The molecule has 0 aliphatic carbocycles. The van der Waals surface area contributed by atoms with Gasteiger partial charge in [0.2, 0.25) is 0 Å². The van der Waals surface area contributed by atoms with Crippen molar-refractivity contribution in [1.29, 1.82) is 0 Å². The van der Waals surface area contributed by atoms with Crippen LogP contribution in [0.15, 0.2) is 36.4 Å². The van der Waals surface area contributed by atoms with Crippen LogP contribution in [0.4, 0.5) is 10.5 Å². The molecule has 0 saturated heterocycles. The summed E-state index contributed by atoms with van der Waals surface area (Å²) in [5, 5.41) is 0.783. The van der Waals surface area contributed by atoms with Crippen LogP contribution in [0.25, 0.3) is 11.6 Å². The number of ether oxygens (including phenoxy) is 3. The molecule has 0 radical (unpaired) electrons. The van der Waals surface area contributed by atoms with Gasteiger partial charge in [0.15, 0.2) is 0 Å². The number of carbonyl (C=O) groups excluding carboxylic acids is 3. The van der Waals surface area contributed by atoms with Crippen molar-refractivity contribution in [3.05, 3.63) is 57.6 Å². The molecule has 0 aromatic heterocycles. The maximum atomic E-state index is 13.4. The van der Waals surface area contributed by atoms with E-state index in [2.05, 4.69) is 0 Å². The number of benzene rings is 2. The Morgan fingerprint density at radius 2 is 1.63 bits per heavy atom. The molecular weight excluding hydrogens is 493 g/mol. The van der Waals surface area contributed by atoms with E-state index in [0.717, 1.165) is 4.90 Å². The first-order chi connectivity index (χ1) is 16.2. The van der Waals surface area contributed by atoms with Gasteiger partial charge in [0.05, 0.1) is 23.8 Å². The summed E-state index contributed by atoms with van der Waals surface area (Å²) in [5.74, 6) is -0.591. The van der Waals surface area contributed by atoms with E-state index in [-0.39, 0.29) is 12.2 Å². The summed E-state index contributed by atoms with van der Waals surface area (Å²) in [7, 11) is 1.31. The Hall–Kier alpha value is -3.03. The Morgan fingerprint density at radius 1 is 1.00 bits per heavy atom. The van der Waals surface area contributed by atoms with E-state index in [1.165, 1.54) is 13.2 Å². The van der Waals surface area contributed by atoms with Crippen LogP contribution in [0.2, 0.25) is 10.0 Å². The van der Waals surface area contributed by atoms with Crippen molar-refractivity contribution in [2.24, 2.45) is 5.41 Å². The Bertz CT molecular complexity index is 1210. The second kappa shape index (κ2) is 9.91. The number of amides is 2. The third kappa shape index (κ3) is 5.97. The van der Waals surface area contributed by atoms with Crippen molar-refractivity contribution in [3.8, 4) is 5.75 Å². The van der Waals surface area contributed by atoms with Crippen molar-refractivity contribution >= 4 is 58.5 Å². The fraction of sp³-hybridized carbons (Fsp3) is 0.346. The number of carbonyl (C=O) groups is 3. The van der Waals surface area contributed by atoms with Crippen LogP contribution in [0, 0.1) is 5.41 Å². The summed E-state index contributed by atoms with van der Waals surface area (Å²) in [6.07, 6.45) is 0.781. The molecular formula is C26H27Cl2NO6. The second-order valence-corrected chi connectivity index (χ2v) is 10.6. The highest BCUT2D eigenvalue weighted by Gasteiger charge is 2.39. The predicted molar refractivity (Wildman–Crippen MR) is 136 cm³/mol. The molecule has 0 N–H and O–H groups in total. The van der Waals surface area contributed by atoms with Crippen LogP contribution in [-0.2, 0) is 19.1 Å². The summed E-state index contributed by atoms with van der Waals surface area (Å²) in [4.78, 5) is 39.3. The van der Waals surface area contributed by atoms with Crippen LogP contribution in [-0.4, -0.2) is 37.3 Å². The van der Waals surface area contributed by atoms with E-state index in [1.54, 1.807) is 71.0 Å². The molecule has 1 heterocycles. The molecule has 0 saturated carbocycles. The van der Waals surface area contributed by atoms with Crippen LogP contribution in [0.5, 0.6) is 5.75 Å². The minimum atomic E-state index is -0.904. The number of fused-ring (bicyclic) bond motifs is 1. The van der Waals surface area contributed by atoms with Gasteiger partial charge >= 0.3 is 12.1 Å². The number of anilines is 1. The lowest BCUT2D eigenvalue weighted by Crippen LogP contribution is -2.38. The molecule has 0 atom stereocenters. The molecule has 35 heavy (non-hydrogen) atoms. The van der Waals surface area contributed by atoms with Gasteiger partial charge in [-0.05, 0) is 71.0 Å². The number of halogens is 2. The monoisotopic (exact) mass is 519 g/mol. The first-order valence-electron chi connectivity index (χ1n) is 10.8. The van der Waals surface area contributed by atoms with E-state index in [9.17, 15) is 14.4 Å². The first kappa shape index (κ1) is 26.6. The van der Waals surface area contributed by atoms with Crippen LogP contribution in [0.1, 0.15) is 45.7 Å². The third-order valence-electron chi connectivity index (χ3n) is 5.10. The summed E-state index contributed by atoms with van der Waals surface area (Å²) in [6.45, 7) is 8.57. The Morgan fingerprint density at radius 3 is 2.26 bits per heavy atom. The standard InChI is InChI=1S/C26H27Cl2NO6/c1-25(2,3)35-24(32)29-20-13-17(28)7-9-18(20)19(22(29)30)12-15-11-16(27)8-10-21(15)34-14-26(4,5)23(31)33-6/h7-13H,14H2,1-6H3/b19-12-. The highest BCUT2D eigenvalue weighted by Crippen LogP contribution is 2.41. The molecule has 7 nitrogen and oxygen atoms in total. The molecule has 9 heteroatoms. The summed E-state index contributed by atoms with van der Waals surface area (Å²) >= 11 is 12.4. The molecule has 2 amide bonds. The van der Waals surface area contributed by atoms with Gasteiger partial charge in [-0.2, -0.15) is 0 Å². The number of rotatable bonds is 5. The van der Waals surface area contributed by atoms with E-state index >= 15 is 0 Å². The SMILES string of the molecule is COC(=O)C(C)(C)COc1ccc(Cl)cc1/C=C1\C(=O)N(C(=O)OC(C)(C)C)c2cc(Cl)ccc21. The van der Waals surface area contributed by atoms with Gasteiger partial charge in [-0.25, -0.2) is 9.69 Å². The van der Waals surface area contributed by atoms with E-state index in [0.29, 0.717) is 32.6 Å². The summed E-state index contributed by atoms with van der Waals surface area (Å²) in [6, 6.07) is 9.75. The quantitative estimate of drug-likeness (QED) is 0.336. The van der Waals surface area contributed by atoms with Gasteiger partial charge in [0.25, 0.3) is 5.91 Å². The molecule has 186 valence electrons. The van der Waals surface area contributed by atoms with Gasteiger partial charge in [-0.15, -0.1) is 0 Å². The topological polar surface area (TPSA) is 82.1 Å². The zero-order valence-electron chi connectivity index (χ0n) is 20.4. The van der Waals surface area contributed by atoms with Crippen molar-refractivity contribution in [1.82, 2.24) is 0 Å². The lowest BCUT2D eigenvalue weighted by Gasteiger charge is -2.23. The molecule has 0 fully saturated rings. The van der Waals surface area contributed by atoms with Crippen molar-refractivity contribution in [2.75, 3.05) is 18.6 Å². The first-order valence-corrected chi connectivity index (χ1v) is 11.6. The van der Waals surface area contributed by atoms with Gasteiger partial charge in [0.1, 0.15) is 18.0 Å². The third-order valence-corrected chi connectivity index (χ3v) is 5.57. The molecule has 2 aromatic carbocycles.